The average molecular weight is 204 g/mol. The van der Waals surface area contributed by atoms with Gasteiger partial charge in [0.1, 0.15) is 0 Å². The summed E-state index contributed by atoms with van der Waals surface area (Å²) < 4.78 is 46.7. The molecule has 0 saturated heterocycles. The van der Waals surface area contributed by atoms with Crippen LogP contribution in [-0.4, -0.2) is 22.9 Å². The summed E-state index contributed by atoms with van der Waals surface area (Å²) in [5, 5.41) is 8.74. The van der Waals surface area contributed by atoms with Crippen LogP contribution in [0.15, 0.2) is 0 Å². The van der Waals surface area contributed by atoms with E-state index >= 15 is 0 Å². The van der Waals surface area contributed by atoms with Crippen LogP contribution in [0.1, 0.15) is 19.8 Å². The normalized spacial score (nSPS) is 16.5. The minimum absolute atomic E-state index is 0.499. The Morgan fingerprint density at radius 3 is 2.23 bits per heavy atom. The molecule has 0 saturated carbocycles. The van der Waals surface area contributed by atoms with Crippen LogP contribution in [0.2, 0.25) is 0 Å². The van der Waals surface area contributed by atoms with E-state index in [1.807, 2.05) is 0 Å². The molecule has 0 aliphatic heterocycles. The molecule has 0 bridgehead atoms. The molecule has 1 N–H and O–H groups in total. The van der Waals surface area contributed by atoms with Gasteiger partial charge in [0.15, 0.2) is 5.60 Å². The van der Waals surface area contributed by atoms with E-state index in [2.05, 4.69) is 4.94 Å². The molecule has 0 heterocycles. The minimum atomic E-state index is -4.84. The number of aliphatic hydroxyl groups is 1. The fraction of sp³-hybridized carbons (Fsp3) is 0.833. The summed E-state index contributed by atoms with van der Waals surface area (Å²) in [6, 6.07) is 0. The van der Waals surface area contributed by atoms with Crippen molar-refractivity contribution in [2.24, 2.45) is 0 Å². The smallest absolute Gasteiger partial charge is 0.381 e. The van der Waals surface area contributed by atoms with Gasteiger partial charge in [-0.1, -0.05) is 0 Å². The molecule has 0 aliphatic rings. The van der Waals surface area contributed by atoms with Crippen molar-refractivity contribution in [2.45, 2.75) is 31.5 Å². The predicted molar refractivity (Wildman–Crippen MR) is 33.1 cm³/mol. The number of halogens is 4. The monoisotopic (exact) mass is 204 g/mol. The summed E-state index contributed by atoms with van der Waals surface area (Å²) in [5.41, 5.74) is -3.00. The van der Waals surface area contributed by atoms with Crippen LogP contribution in [0.25, 0.3) is 0 Å². The summed E-state index contributed by atoms with van der Waals surface area (Å²) in [7, 11) is 0. The van der Waals surface area contributed by atoms with E-state index < -0.39 is 30.6 Å². The third kappa shape index (κ3) is 3.58. The summed E-state index contributed by atoms with van der Waals surface area (Å²) in [5.74, 6) is -1.44. The zero-order valence-electron chi connectivity index (χ0n) is 6.69. The summed E-state index contributed by atoms with van der Waals surface area (Å²) in [6.45, 7) is 0.499. The molecule has 0 spiro atoms. The van der Waals surface area contributed by atoms with Crippen LogP contribution in [0.3, 0.4) is 0 Å². The molecule has 0 aromatic rings. The fourth-order valence-corrected chi connectivity index (χ4v) is 0.526. The molecule has 0 aromatic heterocycles. The number of alkyl halides is 3. The Hall–Kier alpha value is -0.850. The largest absolute Gasteiger partial charge is 0.416 e. The number of rotatable bonds is 3. The SMILES string of the molecule is CC(O)(CCC(=O)OF)C(F)(F)F. The molecule has 1 atom stereocenters. The van der Waals surface area contributed by atoms with Crippen molar-refractivity contribution in [1.82, 2.24) is 0 Å². The van der Waals surface area contributed by atoms with E-state index in [4.69, 9.17) is 5.11 Å². The zero-order valence-corrected chi connectivity index (χ0v) is 6.69. The molecule has 0 fully saturated rings. The van der Waals surface area contributed by atoms with Gasteiger partial charge in [0.25, 0.3) is 0 Å². The Morgan fingerprint density at radius 1 is 1.46 bits per heavy atom. The van der Waals surface area contributed by atoms with E-state index in [0.717, 1.165) is 0 Å². The van der Waals surface area contributed by atoms with Crippen LogP contribution in [0, 0.1) is 0 Å². The van der Waals surface area contributed by atoms with E-state index in [1.165, 1.54) is 0 Å². The molecule has 7 heteroatoms. The van der Waals surface area contributed by atoms with Crippen LogP contribution in [-0.2, 0) is 9.74 Å². The van der Waals surface area contributed by atoms with Crippen LogP contribution < -0.4 is 0 Å². The lowest BCUT2D eigenvalue weighted by atomic mass is 10.00. The quantitative estimate of drug-likeness (QED) is 0.708. The Morgan fingerprint density at radius 2 is 1.92 bits per heavy atom. The van der Waals surface area contributed by atoms with E-state index in [0.29, 0.717) is 6.92 Å². The van der Waals surface area contributed by atoms with Gasteiger partial charge >= 0.3 is 12.1 Å². The van der Waals surface area contributed by atoms with Gasteiger partial charge in [0.2, 0.25) is 0 Å². The van der Waals surface area contributed by atoms with Crippen molar-refractivity contribution in [3.8, 4) is 0 Å². The maximum Gasteiger partial charge on any atom is 0.416 e. The molecule has 3 nitrogen and oxygen atoms in total. The molecular formula is C6H8F4O3. The molecule has 0 amide bonds. The number of carbonyl (C=O) groups is 1. The Kier molecular flexibility index (Phi) is 3.65. The van der Waals surface area contributed by atoms with E-state index in [9.17, 15) is 22.5 Å². The maximum atomic E-state index is 11.9. The second-order valence-electron chi connectivity index (χ2n) is 2.72. The van der Waals surface area contributed by atoms with Gasteiger partial charge in [-0.25, -0.2) is 4.79 Å². The highest BCUT2D eigenvalue weighted by Crippen LogP contribution is 2.33. The van der Waals surface area contributed by atoms with Gasteiger partial charge in [-0.15, -0.1) is 0 Å². The molecule has 1 unspecified atom stereocenters. The predicted octanol–water partition coefficient (Wildman–Crippen LogP) is 1.51. The summed E-state index contributed by atoms with van der Waals surface area (Å²) in [6.07, 6.45) is -6.61. The van der Waals surface area contributed by atoms with Gasteiger partial charge in [0, 0.05) is 4.53 Å². The molecular weight excluding hydrogens is 196 g/mol. The minimum Gasteiger partial charge on any atom is -0.381 e. The first-order valence-electron chi connectivity index (χ1n) is 3.31. The lowest BCUT2D eigenvalue weighted by Gasteiger charge is -2.25. The van der Waals surface area contributed by atoms with Crippen LogP contribution >= 0.6 is 0 Å². The third-order valence-electron chi connectivity index (χ3n) is 1.51. The Balaban J connectivity index is 4.12. The average Bonchev–Trinajstić information content (AvgIpc) is 1.98. The van der Waals surface area contributed by atoms with Crippen LogP contribution in [0.5, 0.6) is 0 Å². The van der Waals surface area contributed by atoms with Gasteiger partial charge in [-0.3, -0.25) is 4.94 Å². The van der Waals surface area contributed by atoms with Gasteiger partial charge in [-0.2, -0.15) is 13.2 Å². The number of hydrogen-bond acceptors (Lipinski definition) is 3. The first-order chi connectivity index (χ1) is 5.70. The molecule has 0 radical (unpaired) electrons. The number of hydrogen-bond donors (Lipinski definition) is 1. The van der Waals surface area contributed by atoms with Crippen molar-refractivity contribution >= 4 is 5.97 Å². The molecule has 13 heavy (non-hydrogen) atoms. The first-order valence-corrected chi connectivity index (χ1v) is 3.31. The highest BCUT2D eigenvalue weighted by Gasteiger charge is 2.49. The fourth-order valence-electron chi connectivity index (χ4n) is 0.526. The first kappa shape index (κ1) is 12.2. The molecule has 0 aromatic carbocycles. The number of carbonyl (C=O) groups excluding carboxylic acids is 1. The van der Waals surface area contributed by atoms with Gasteiger partial charge < -0.3 is 5.11 Å². The molecule has 78 valence electrons. The second-order valence-corrected chi connectivity index (χ2v) is 2.72. The summed E-state index contributed by atoms with van der Waals surface area (Å²) in [4.78, 5) is 12.8. The van der Waals surface area contributed by atoms with Gasteiger partial charge in [-0.05, 0) is 13.3 Å². The van der Waals surface area contributed by atoms with Gasteiger partial charge in [0.05, 0.1) is 6.42 Å². The highest BCUT2D eigenvalue weighted by molar-refractivity contribution is 5.68. The summed E-state index contributed by atoms with van der Waals surface area (Å²) >= 11 is 0. The van der Waals surface area contributed by atoms with E-state index in [-0.39, 0.29) is 0 Å². The Bertz CT molecular complexity index is 187. The van der Waals surface area contributed by atoms with Crippen molar-refractivity contribution in [1.29, 1.82) is 0 Å². The van der Waals surface area contributed by atoms with Crippen molar-refractivity contribution in [2.75, 3.05) is 0 Å². The van der Waals surface area contributed by atoms with E-state index in [1.54, 1.807) is 0 Å². The maximum absolute atomic E-state index is 11.9. The topological polar surface area (TPSA) is 46.5 Å². The van der Waals surface area contributed by atoms with Crippen molar-refractivity contribution < 1.29 is 32.5 Å². The standard InChI is InChI=1S/C6H8F4O3/c1-5(12,6(7,8)9)3-2-4(11)13-10/h12H,2-3H2,1H3. The van der Waals surface area contributed by atoms with Crippen molar-refractivity contribution in [3.63, 3.8) is 0 Å². The highest BCUT2D eigenvalue weighted by atomic mass is 19.4. The van der Waals surface area contributed by atoms with Crippen molar-refractivity contribution in [3.05, 3.63) is 0 Å². The lowest BCUT2D eigenvalue weighted by molar-refractivity contribution is -0.256. The third-order valence-corrected chi connectivity index (χ3v) is 1.51. The molecule has 0 rings (SSSR count). The molecule has 0 aliphatic carbocycles. The lowest BCUT2D eigenvalue weighted by Crippen LogP contribution is -2.42. The zero-order chi connectivity index (χ0) is 10.7. The second kappa shape index (κ2) is 3.91. The Labute approximate surface area is 71.2 Å². The van der Waals surface area contributed by atoms with Crippen LogP contribution in [0.4, 0.5) is 17.7 Å².